The second kappa shape index (κ2) is 12.3. The predicted octanol–water partition coefficient (Wildman–Crippen LogP) is 3.93. The van der Waals surface area contributed by atoms with Crippen LogP contribution >= 0.6 is 0 Å². The van der Waals surface area contributed by atoms with Crippen LogP contribution in [0.1, 0.15) is 45.1 Å². The van der Waals surface area contributed by atoms with Crippen LogP contribution in [0.4, 0.5) is 5.82 Å². The van der Waals surface area contributed by atoms with Gasteiger partial charge in [0.25, 0.3) is 0 Å². The molecule has 2 saturated heterocycles. The molecule has 1 aromatic carbocycles. The van der Waals surface area contributed by atoms with E-state index in [0.717, 1.165) is 42.5 Å². The molecule has 3 aliphatic heterocycles. The van der Waals surface area contributed by atoms with Crippen molar-refractivity contribution in [1.82, 2.24) is 19.4 Å². The number of pyridine rings is 1. The molecule has 5 aliphatic rings. The molecule has 260 valence electrons. The Morgan fingerprint density at radius 3 is 2.71 bits per heavy atom. The van der Waals surface area contributed by atoms with E-state index >= 15 is 0 Å². The summed E-state index contributed by atoms with van der Waals surface area (Å²) < 4.78 is 20.3. The van der Waals surface area contributed by atoms with E-state index in [4.69, 9.17) is 14.2 Å². The van der Waals surface area contributed by atoms with Gasteiger partial charge in [-0.05, 0) is 84.9 Å². The van der Waals surface area contributed by atoms with E-state index in [1.807, 2.05) is 60.2 Å². The molecule has 0 bridgehead atoms. The molecule has 0 radical (unpaired) electrons. The number of cyclic esters (lactones) is 1. The number of esters is 1. The van der Waals surface area contributed by atoms with E-state index in [2.05, 4.69) is 34.0 Å². The van der Waals surface area contributed by atoms with Crippen molar-refractivity contribution in [1.29, 1.82) is 0 Å². The highest BCUT2D eigenvalue weighted by Gasteiger charge is 2.71. The molecule has 2 saturated carbocycles. The van der Waals surface area contributed by atoms with Gasteiger partial charge in [-0.3, -0.25) is 4.90 Å². The van der Waals surface area contributed by atoms with E-state index in [1.54, 1.807) is 12.5 Å². The van der Waals surface area contributed by atoms with Crippen molar-refractivity contribution in [3.8, 4) is 0 Å². The minimum absolute atomic E-state index is 0.0134. The highest BCUT2D eigenvalue weighted by Crippen LogP contribution is 2.67. The Kier molecular flexibility index (Phi) is 8.19. The van der Waals surface area contributed by atoms with Gasteiger partial charge in [0.15, 0.2) is 0 Å². The number of hydrogen-bond donors (Lipinski definition) is 3. The zero-order valence-corrected chi connectivity index (χ0v) is 28.5. The summed E-state index contributed by atoms with van der Waals surface area (Å²) in [5.74, 6) is 0.822. The third kappa shape index (κ3) is 5.50. The first-order chi connectivity index (χ1) is 23.6. The van der Waals surface area contributed by atoms with Crippen molar-refractivity contribution in [2.75, 3.05) is 44.8 Å². The Bertz CT molecular complexity index is 1780. The van der Waals surface area contributed by atoms with Crippen LogP contribution in [0.15, 0.2) is 66.3 Å². The summed E-state index contributed by atoms with van der Waals surface area (Å²) in [5, 5.41) is 25.9. The van der Waals surface area contributed by atoms with Gasteiger partial charge in [-0.15, -0.1) is 0 Å². The molecule has 2 aromatic heterocycles. The van der Waals surface area contributed by atoms with Crippen molar-refractivity contribution < 1.29 is 29.2 Å². The largest absolute Gasteiger partial charge is 0.423 e. The molecule has 4 fully saturated rings. The van der Waals surface area contributed by atoms with E-state index in [0.29, 0.717) is 49.8 Å². The van der Waals surface area contributed by atoms with Crippen molar-refractivity contribution in [2.24, 2.45) is 29.7 Å². The van der Waals surface area contributed by atoms with Crippen LogP contribution in [0.2, 0.25) is 0 Å². The number of aryl methyl sites for hydroxylation is 1. The molecule has 3 N–H and O–H groups in total. The van der Waals surface area contributed by atoms with E-state index in [-0.39, 0.29) is 35.9 Å². The zero-order valence-electron chi connectivity index (χ0n) is 28.5. The third-order valence-electron chi connectivity index (χ3n) is 12.7. The topological polar surface area (TPSA) is 134 Å². The third-order valence-corrected chi connectivity index (χ3v) is 12.7. The zero-order chi connectivity index (χ0) is 34.0. The number of nitrogens with zero attached hydrogens (tertiary/aromatic N) is 4. The summed E-state index contributed by atoms with van der Waals surface area (Å²) in [5.41, 5.74) is 2.00. The number of hydrogen-bond acceptors (Lipinski definition) is 10. The molecule has 5 unspecified atom stereocenters. The molecule has 2 aliphatic carbocycles. The van der Waals surface area contributed by atoms with Crippen LogP contribution in [-0.4, -0.2) is 98.9 Å². The summed E-state index contributed by atoms with van der Waals surface area (Å²) >= 11 is 0. The number of morpholine rings is 1. The minimum Gasteiger partial charge on any atom is -0.423 e. The molecule has 3 aromatic rings. The highest BCUT2D eigenvalue weighted by atomic mass is 16.6. The lowest BCUT2D eigenvalue weighted by atomic mass is 9.43. The summed E-state index contributed by atoms with van der Waals surface area (Å²) in [6, 6.07) is 11.4. The van der Waals surface area contributed by atoms with Crippen molar-refractivity contribution in [2.45, 2.75) is 63.3 Å². The lowest BCUT2D eigenvalue weighted by Crippen LogP contribution is -2.68. The quantitative estimate of drug-likeness (QED) is 0.239. The number of allylic oxidation sites excluding steroid dienone is 1. The number of ether oxygens (including phenoxy) is 3. The standard InChI is InChI=1S/C38H47N5O6/c1-36-10-9-33(45)37(2,21-44)30(36)20-32(43-12-14-47-15-13-43)38(22-48-38)31(36)19-27(41-34-6-4-5-11-39-34)26-18-25(49-35(26)46)16-24-7-8-29-28(17-24)40-23-42(29)3/h4-8,11,16-18,23,27,30-33,44-45H,9-10,12-15,19-22H2,1-3H3,(H,39,41)/b25-16+/t27?,30?,31?,32?,33-,36+,37+,38?/m1/s1. The maximum Gasteiger partial charge on any atom is 0.341 e. The molecule has 8 rings (SSSR count). The van der Waals surface area contributed by atoms with Gasteiger partial charge in [-0.25, -0.2) is 14.8 Å². The summed E-state index contributed by atoms with van der Waals surface area (Å²) in [6.07, 6.45) is 9.51. The molecular formula is C38H47N5O6. The Labute approximate surface area is 287 Å². The fourth-order valence-electron chi connectivity index (χ4n) is 9.87. The van der Waals surface area contributed by atoms with E-state index in [9.17, 15) is 15.0 Å². The summed E-state index contributed by atoms with van der Waals surface area (Å²) in [4.78, 5) is 25.3. The number of carbonyl (C=O) groups excluding carboxylic acids is 1. The van der Waals surface area contributed by atoms with Gasteiger partial charge in [-0.2, -0.15) is 0 Å². The second-order valence-corrected chi connectivity index (χ2v) is 15.3. The number of nitrogens with one attached hydrogen (secondary N) is 1. The number of benzene rings is 1. The number of fused-ring (bicyclic) bond motifs is 2. The fourth-order valence-corrected chi connectivity index (χ4v) is 9.87. The van der Waals surface area contributed by atoms with Crippen LogP contribution in [0.25, 0.3) is 17.1 Å². The molecule has 8 atom stereocenters. The molecule has 11 heteroatoms. The average molecular weight is 670 g/mol. The van der Waals surface area contributed by atoms with E-state index in [1.165, 1.54) is 0 Å². The van der Waals surface area contributed by atoms with Crippen LogP contribution in [0, 0.1) is 22.7 Å². The van der Waals surface area contributed by atoms with Crippen molar-refractivity contribution in [3.05, 3.63) is 71.9 Å². The van der Waals surface area contributed by atoms with Gasteiger partial charge in [0.2, 0.25) is 0 Å². The van der Waals surface area contributed by atoms with Gasteiger partial charge >= 0.3 is 5.97 Å². The van der Waals surface area contributed by atoms with Crippen LogP contribution in [-0.2, 0) is 26.1 Å². The first-order valence-corrected chi connectivity index (χ1v) is 17.6. The predicted molar refractivity (Wildman–Crippen MR) is 184 cm³/mol. The number of epoxide rings is 1. The maximum absolute atomic E-state index is 13.8. The lowest BCUT2D eigenvalue weighted by molar-refractivity contribution is -0.197. The van der Waals surface area contributed by atoms with Gasteiger partial charge in [0, 0.05) is 37.8 Å². The number of carbonyl (C=O) groups is 1. The summed E-state index contributed by atoms with van der Waals surface area (Å²) in [7, 11) is 1.96. The molecule has 11 nitrogen and oxygen atoms in total. The van der Waals surface area contributed by atoms with Gasteiger partial charge in [0.05, 0.1) is 61.5 Å². The summed E-state index contributed by atoms with van der Waals surface area (Å²) in [6.45, 7) is 7.91. The highest BCUT2D eigenvalue weighted by molar-refractivity contribution is 5.95. The molecule has 0 amide bonds. The molecule has 1 spiro atoms. The molecular weight excluding hydrogens is 622 g/mol. The number of aliphatic hydroxyl groups is 2. The first-order valence-electron chi connectivity index (χ1n) is 17.6. The Balaban J connectivity index is 1.19. The van der Waals surface area contributed by atoms with Gasteiger partial charge in [-0.1, -0.05) is 26.0 Å². The number of anilines is 1. The van der Waals surface area contributed by atoms with Crippen LogP contribution < -0.4 is 5.32 Å². The van der Waals surface area contributed by atoms with Gasteiger partial charge in [0.1, 0.15) is 17.2 Å². The minimum atomic E-state index is -0.660. The number of imidazole rings is 1. The normalized spacial score (nSPS) is 36.1. The van der Waals surface area contributed by atoms with Crippen LogP contribution in [0.3, 0.4) is 0 Å². The van der Waals surface area contributed by atoms with Crippen molar-refractivity contribution in [3.63, 3.8) is 0 Å². The number of rotatable bonds is 8. The van der Waals surface area contributed by atoms with Gasteiger partial charge < -0.3 is 34.3 Å². The lowest BCUT2D eigenvalue weighted by Gasteiger charge is -2.64. The fraction of sp³-hybridized carbons (Fsp3) is 0.553. The SMILES string of the molecule is Cn1cnc2cc(/C=C3\C=C(C(CC4C5(CO5)C(N5CCOCC5)CC5[C@]4(C)CC[C@@H](O)[C@@]5(C)CO)Nc4ccccn4)C(=O)O3)ccc21. The maximum atomic E-state index is 13.8. The van der Waals surface area contributed by atoms with Crippen molar-refractivity contribution >= 4 is 28.9 Å². The Morgan fingerprint density at radius 1 is 1.16 bits per heavy atom. The van der Waals surface area contributed by atoms with Crippen LogP contribution in [0.5, 0.6) is 0 Å². The second-order valence-electron chi connectivity index (χ2n) is 15.3. The smallest absolute Gasteiger partial charge is 0.341 e. The Morgan fingerprint density at radius 2 is 1.98 bits per heavy atom. The number of aromatic nitrogens is 3. The molecule has 49 heavy (non-hydrogen) atoms. The molecule has 5 heterocycles. The Hall–Kier alpha value is -3.61. The first kappa shape index (κ1) is 32.6. The monoisotopic (exact) mass is 669 g/mol. The average Bonchev–Trinajstić information content (AvgIpc) is 3.68. The van der Waals surface area contributed by atoms with E-state index < -0.39 is 23.2 Å². The number of aliphatic hydroxyl groups excluding tert-OH is 2.